The van der Waals surface area contributed by atoms with E-state index in [1.165, 1.54) is 0 Å². The van der Waals surface area contributed by atoms with E-state index in [0.29, 0.717) is 24.1 Å². The van der Waals surface area contributed by atoms with Crippen LogP contribution in [0.2, 0.25) is 0 Å². The first-order valence-electron chi connectivity index (χ1n) is 12.0. The molecule has 35 heavy (non-hydrogen) atoms. The molecule has 0 unspecified atom stereocenters. The van der Waals surface area contributed by atoms with E-state index in [4.69, 9.17) is 4.42 Å². The lowest BCUT2D eigenvalue weighted by Crippen LogP contribution is -2.54. The number of benzene rings is 1. The van der Waals surface area contributed by atoms with Crippen LogP contribution in [0.5, 0.6) is 0 Å². The molecule has 5 rings (SSSR count). The summed E-state index contributed by atoms with van der Waals surface area (Å²) in [5.41, 5.74) is 1.60. The molecule has 1 aliphatic heterocycles. The van der Waals surface area contributed by atoms with Crippen molar-refractivity contribution < 1.29 is 31.6 Å². The highest BCUT2D eigenvalue weighted by atomic mass is 19.3. The summed E-state index contributed by atoms with van der Waals surface area (Å²) in [7, 11) is 0. The molecule has 2 saturated carbocycles. The fourth-order valence-electron chi connectivity index (χ4n) is 5.42. The van der Waals surface area contributed by atoms with Gasteiger partial charge in [-0.05, 0) is 43.4 Å². The molecule has 0 saturated heterocycles. The van der Waals surface area contributed by atoms with Crippen molar-refractivity contribution in [2.75, 3.05) is 0 Å². The third-order valence-corrected chi connectivity index (χ3v) is 7.36. The second kappa shape index (κ2) is 9.23. The highest BCUT2D eigenvalue weighted by Gasteiger charge is 2.41. The first kappa shape index (κ1) is 23.7. The van der Waals surface area contributed by atoms with Gasteiger partial charge in [0.2, 0.25) is 17.7 Å². The second-order valence-corrected chi connectivity index (χ2v) is 9.65. The Balaban J connectivity index is 1.29. The van der Waals surface area contributed by atoms with Gasteiger partial charge >= 0.3 is 6.43 Å². The predicted molar refractivity (Wildman–Crippen MR) is 116 cm³/mol. The highest BCUT2D eigenvalue weighted by Crippen LogP contribution is 2.37. The van der Waals surface area contributed by atoms with Crippen molar-refractivity contribution in [3.8, 4) is 11.5 Å². The number of nitrogens with one attached hydrogen (secondary N) is 1. The first-order valence-corrected chi connectivity index (χ1v) is 12.0. The summed E-state index contributed by atoms with van der Waals surface area (Å²) in [5, 5.41) is 10.0. The van der Waals surface area contributed by atoms with Gasteiger partial charge in [-0.25, -0.2) is 8.78 Å². The molecule has 2 heterocycles. The minimum Gasteiger partial charge on any atom is -0.415 e. The van der Waals surface area contributed by atoms with Gasteiger partial charge in [0.15, 0.2) is 0 Å². The number of carbonyl (C=O) groups excluding carboxylic acids is 2. The minimum atomic E-state index is -2.88. The summed E-state index contributed by atoms with van der Waals surface area (Å²) < 4.78 is 57.6. The van der Waals surface area contributed by atoms with Crippen molar-refractivity contribution in [2.24, 2.45) is 5.92 Å². The van der Waals surface area contributed by atoms with Crippen molar-refractivity contribution in [3.63, 3.8) is 0 Å². The summed E-state index contributed by atoms with van der Waals surface area (Å²) in [4.78, 5) is 27.9. The summed E-state index contributed by atoms with van der Waals surface area (Å²) in [5.74, 6) is -4.42. The maximum Gasteiger partial charge on any atom is 0.314 e. The van der Waals surface area contributed by atoms with E-state index in [2.05, 4.69) is 15.5 Å². The van der Waals surface area contributed by atoms with E-state index < -0.39 is 24.2 Å². The van der Waals surface area contributed by atoms with Crippen LogP contribution in [0.3, 0.4) is 0 Å². The Morgan fingerprint density at radius 2 is 1.86 bits per heavy atom. The van der Waals surface area contributed by atoms with Crippen LogP contribution in [-0.4, -0.2) is 44.9 Å². The molecule has 7 nitrogen and oxygen atoms in total. The van der Waals surface area contributed by atoms with E-state index in [1.807, 2.05) is 0 Å². The molecule has 2 aliphatic carbocycles. The van der Waals surface area contributed by atoms with Crippen molar-refractivity contribution in [1.82, 2.24) is 20.4 Å². The molecule has 1 aromatic heterocycles. The van der Waals surface area contributed by atoms with Crippen LogP contribution in [0.15, 0.2) is 22.6 Å². The average molecular weight is 494 g/mol. The molecule has 2 aromatic rings. The van der Waals surface area contributed by atoms with Crippen LogP contribution in [-0.2, 0) is 11.3 Å². The molecular weight excluding hydrogens is 468 g/mol. The summed E-state index contributed by atoms with van der Waals surface area (Å²) in [6.07, 6.45) is 0.146. The Kier molecular flexibility index (Phi) is 6.27. The number of nitrogens with zero attached hydrogens (tertiary/aromatic N) is 3. The number of hydrogen-bond acceptors (Lipinski definition) is 5. The molecule has 3 aliphatic rings. The normalized spacial score (nSPS) is 24.6. The second-order valence-electron chi connectivity index (χ2n) is 9.65. The molecule has 188 valence electrons. The van der Waals surface area contributed by atoms with E-state index in [-0.39, 0.29) is 55.5 Å². The quantitative estimate of drug-likeness (QED) is 0.599. The highest BCUT2D eigenvalue weighted by molar-refractivity contribution is 5.99. The van der Waals surface area contributed by atoms with E-state index in [0.717, 1.165) is 24.8 Å². The smallest absolute Gasteiger partial charge is 0.314 e. The number of aromatic nitrogens is 2. The maximum absolute atomic E-state index is 13.5. The van der Waals surface area contributed by atoms with Gasteiger partial charge in [0.1, 0.15) is 0 Å². The van der Waals surface area contributed by atoms with E-state index in [9.17, 15) is 27.2 Å². The zero-order valence-electron chi connectivity index (χ0n) is 19.0. The van der Waals surface area contributed by atoms with Crippen LogP contribution in [0.25, 0.3) is 11.5 Å². The van der Waals surface area contributed by atoms with Gasteiger partial charge in [0.05, 0.1) is 6.04 Å². The van der Waals surface area contributed by atoms with Crippen LogP contribution in [0.4, 0.5) is 17.6 Å². The molecule has 0 bridgehead atoms. The molecular formula is C24H26F4N4O3. The number of halogens is 4. The fourth-order valence-corrected chi connectivity index (χ4v) is 5.42. The summed E-state index contributed by atoms with van der Waals surface area (Å²) >= 11 is 0. The number of alkyl halides is 4. The Bertz CT molecular complexity index is 1110. The molecule has 2 atom stereocenters. The Morgan fingerprint density at radius 1 is 1.11 bits per heavy atom. The van der Waals surface area contributed by atoms with Crippen LogP contribution in [0.1, 0.15) is 79.6 Å². The fraction of sp³-hybridized carbons (Fsp3) is 0.583. The zero-order valence-corrected chi connectivity index (χ0v) is 19.0. The summed E-state index contributed by atoms with van der Waals surface area (Å²) in [6.45, 7) is 0.368. The standard InChI is InChI=1S/C24H26F4N4O3/c25-19(26)22-31-30-21(35-22)14-5-6-15-12-32(23(34)16(15)11-14)18-4-2-1-3-17(18)29-20(33)13-7-9-24(27,28)10-8-13/h5-6,11,13,17-19H,1-4,7-10,12H2,(H,29,33)/t17-,18-/m1/s1. The molecule has 11 heteroatoms. The third kappa shape index (κ3) is 4.77. The van der Waals surface area contributed by atoms with Crippen molar-refractivity contribution in [1.29, 1.82) is 0 Å². The zero-order chi connectivity index (χ0) is 24.7. The number of hydrogen-bond donors (Lipinski definition) is 1. The minimum absolute atomic E-state index is 0.0878. The molecule has 2 fully saturated rings. The van der Waals surface area contributed by atoms with Crippen molar-refractivity contribution in [3.05, 3.63) is 35.2 Å². The molecule has 1 aromatic carbocycles. The number of rotatable bonds is 5. The van der Waals surface area contributed by atoms with Gasteiger partial charge in [0, 0.05) is 42.5 Å². The first-order chi connectivity index (χ1) is 16.7. The topological polar surface area (TPSA) is 88.3 Å². The molecule has 2 amide bonds. The van der Waals surface area contributed by atoms with Crippen LogP contribution < -0.4 is 5.32 Å². The van der Waals surface area contributed by atoms with Gasteiger partial charge in [0.25, 0.3) is 11.8 Å². The maximum atomic E-state index is 13.5. The molecule has 1 N–H and O–H groups in total. The van der Waals surface area contributed by atoms with Gasteiger partial charge in [-0.2, -0.15) is 8.78 Å². The molecule has 0 radical (unpaired) electrons. The Labute approximate surface area is 199 Å². The lowest BCUT2D eigenvalue weighted by Gasteiger charge is -2.39. The van der Waals surface area contributed by atoms with Crippen molar-refractivity contribution in [2.45, 2.75) is 82.3 Å². The molecule has 0 spiro atoms. The summed E-state index contributed by atoms with van der Waals surface area (Å²) in [6, 6.07) is 4.50. The van der Waals surface area contributed by atoms with Crippen LogP contribution >= 0.6 is 0 Å². The van der Waals surface area contributed by atoms with Crippen molar-refractivity contribution >= 4 is 11.8 Å². The number of amides is 2. The van der Waals surface area contributed by atoms with Gasteiger partial charge in [-0.1, -0.05) is 18.9 Å². The third-order valence-electron chi connectivity index (χ3n) is 7.36. The number of fused-ring (bicyclic) bond motifs is 1. The average Bonchev–Trinajstić information content (AvgIpc) is 3.45. The van der Waals surface area contributed by atoms with Crippen LogP contribution in [0, 0.1) is 5.92 Å². The largest absolute Gasteiger partial charge is 0.415 e. The van der Waals surface area contributed by atoms with Gasteiger partial charge < -0.3 is 14.6 Å². The number of carbonyl (C=O) groups is 2. The Hall–Kier alpha value is -2.98. The van der Waals surface area contributed by atoms with E-state index in [1.54, 1.807) is 23.1 Å². The monoisotopic (exact) mass is 494 g/mol. The van der Waals surface area contributed by atoms with E-state index >= 15 is 0 Å². The lowest BCUT2D eigenvalue weighted by atomic mass is 9.84. The predicted octanol–water partition coefficient (Wildman–Crippen LogP) is 4.88. The Morgan fingerprint density at radius 3 is 2.57 bits per heavy atom. The van der Waals surface area contributed by atoms with Gasteiger partial charge in [-0.3, -0.25) is 9.59 Å². The SMILES string of the molecule is O=C(N[C@@H]1CCCC[C@H]1N1Cc2ccc(-c3nnc(C(F)F)o3)cc2C1=O)C1CCC(F)(F)CC1. The lowest BCUT2D eigenvalue weighted by molar-refractivity contribution is -0.130. The van der Waals surface area contributed by atoms with Gasteiger partial charge in [-0.15, -0.1) is 10.2 Å².